The summed E-state index contributed by atoms with van der Waals surface area (Å²) in [6, 6.07) is 8.66. The number of aliphatic hydroxyl groups is 1. The Kier molecular flexibility index (Phi) is 10.2. The summed E-state index contributed by atoms with van der Waals surface area (Å²) in [5.74, 6) is 1.71. The Morgan fingerprint density at radius 3 is 2.30 bits per heavy atom. The lowest BCUT2D eigenvalue weighted by Gasteiger charge is -2.31. The van der Waals surface area contributed by atoms with Crippen LogP contribution in [0.5, 0.6) is 5.75 Å². The standard InChI is InChI=1S/C22H36N2O2.CH4/c25-17-11-20-9-15-24(16-10-20)19-21-5-7-22(8-6-21)26-18-4-14-23-12-2-1-3-13-23;/h5-8,20,25H,1-4,9-19H2;1H4. The molecule has 1 aromatic rings. The van der Waals surface area contributed by atoms with Crippen LogP contribution in [0.25, 0.3) is 0 Å². The molecule has 0 bridgehead atoms. The molecule has 0 spiro atoms. The molecule has 0 unspecified atom stereocenters. The molecular formula is C23H40N2O2. The minimum atomic E-state index is 0. The number of benzene rings is 1. The lowest BCUT2D eigenvalue weighted by Crippen LogP contribution is -2.33. The van der Waals surface area contributed by atoms with Crippen LogP contribution >= 0.6 is 0 Å². The summed E-state index contributed by atoms with van der Waals surface area (Å²) in [5, 5.41) is 9.06. The van der Waals surface area contributed by atoms with E-state index in [1.165, 1.54) is 57.3 Å². The summed E-state index contributed by atoms with van der Waals surface area (Å²) in [4.78, 5) is 5.10. The van der Waals surface area contributed by atoms with Crippen LogP contribution in [0.15, 0.2) is 24.3 Å². The normalized spacial score (nSPS) is 19.6. The van der Waals surface area contributed by atoms with Crippen molar-refractivity contribution < 1.29 is 9.84 Å². The zero-order valence-electron chi connectivity index (χ0n) is 16.2. The third kappa shape index (κ3) is 7.81. The van der Waals surface area contributed by atoms with Gasteiger partial charge in [0.25, 0.3) is 0 Å². The van der Waals surface area contributed by atoms with Gasteiger partial charge in [0.15, 0.2) is 0 Å². The van der Waals surface area contributed by atoms with Crippen LogP contribution in [0.2, 0.25) is 0 Å². The van der Waals surface area contributed by atoms with Gasteiger partial charge < -0.3 is 14.7 Å². The second-order valence-corrected chi connectivity index (χ2v) is 7.98. The highest BCUT2D eigenvalue weighted by molar-refractivity contribution is 5.27. The van der Waals surface area contributed by atoms with E-state index in [0.717, 1.165) is 50.8 Å². The van der Waals surface area contributed by atoms with E-state index in [9.17, 15) is 0 Å². The van der Waals surface area contributed by atoms with E-state index in [0.29, 0.717) is 6.61 Å². The molecule has 4 heteroatoms. The Morgan fingerprint density at radius 2 is 1.63 bits per heavy atom. The van der Waals surface area contributed by atoms with Crippen molar-refractivity contribution in [1.82, 2.24) is 9.80 Å². The van der Waals surface area contributed by atoms with Gasteiger partial charge in [0.2, 0.25) is 0 Å². The molecule has 4 nitrogen and oxygen atoms in total. The number of piperidine rings is 2. The van der Waals surface area contributed by atoms with E-state index < -0.39 is 0 Å². The third-order valence-electron chi connectivity index (χ3n) is 5.91. The summed E-state index contributed by atoms with van der Waals surface area (Å²) in [5.41, 5.74) is 1.37. The molecule has 2 saturated heterocycles. The third-order valence-corrected chi connectivity index (χ3v) is 5.91. The predicted molar refractivity (Wildman–Crippen MR) is 113 cm³/mol. The van der Waals surface area contributed by atoms with E-state index in [-0.39, 0.29) is 7.43 Å². The number of rotatable bonds is 9. The summed E-state index contributed by atoms with van der Waals surface area (Å²) in [6.45, 7) is 8.19. The van der Waals surface area contributed by atoms with Gasteiger partial charge in [-0.1, -0.05) is 26.0 Å². The molecule has 2 heterocycles. The molecule has 0 aromatic heterocycles. The van der Waals surface area contributed by atoms with Crippen LogP contribution < -0.4 is 4.74 Å². The Hall–Kier alpha value is -1.10. The van der Waals surface area contributed by atoms with Gasteiger partial charge in [-0.05, 0) is 88.3 Å². The number of ether oxygens (including phenoxy) is 1. The van der Waals surface area contributed by atoms with Crippen LogP contribution in [0.4, 0.5) is 0 Å². The van der Waals surface area contributed by atoms with Crippen molar-refractivity contribution in [3.63, 3.8) is 0 Å². The van der Waals surface area contributed by atoms with E-state index in [4.69, 9.17) is 9.84 Å². The first-order valence-corrected chi connectivity index (χ1v) is 10.6. The molecule has 3 rings (SSSR count). The number of nitrogens with zero attached hydrogens (tertiary/aromatic N) is 2. The van der Waals surface area contributed by atoms with E-state index in [1.54, 1.807) is 0 Å². The van der Waals surface area contributed by atoms with E-state index in [2.05, 4.69) is 34.1 Å². The van der Waals surface area contributed by atoms with Crippen molar-refractivity contribution in [3.05, 3.63) is 29.8 Å². The Bertz CT molecular complexity index is 492. The molecule has 2 aliphatic rings. The molecule has 0 saturated carbocycles. The van der Waals surface area contributed by atoms with Crippen LogP contribution in [0.1, 0.15) is 57.9 Å². The van der Waals surface area contributed by atoms with Crippen molar-refractivity contribution in [1.29, 1.82) is 0 Å². The van der Waals surface area contributed by atoms with Gasteiger partial charge in [-0.3, -0.25) is 4.90 Å². The van der Waals surface area contributed by atoms with Crippen molar-refractivity contribution in [2.24, 2.45) is 5.92 Å². The Labute approximate surface area is 166 Å². The highest BCUT2D eigenvalue weighted by Crippen LogP contribution is 2.22. The van der Waals surface area contributed by atoms with Gasteiger partial charge in [0.05, 0.1) is 6.61 Å². The fourth-order valence-corrected chi connectivity index (χ4v) is 4.23. The van der Waals surface area contributed by atoms with Gasteiger partial charge >= 0.3 is 0 Å². The average Bonchev–Trinajstić information content (AvgIpc) is 2.69. The SMILES string of the molecule is C.OCCC1CCN(Cc2ccc(OCCCN3CCCCC3)cc2)CC1. The topological polar surface area (TPSA) is 35.9 Å². The minimum absolute atomic E-state index is 0. The molecule has 1 aromatic carbocycles. The van der Waals surface area contributed by atoms with Gasteiger partial charge in [0, 0.05) is 19.7 Å². The van der Waals surface area contributed by atoms with Crippen molar-refractivity contribution in [3.8, 4) is 5.75 Å². The molecule has 0 amide bonds. The first-order chi connectivity index (χ1) is 12.8. The predicted octanol–water partition coefficient (Wildman–Crippen LogP) is 4.17. The maximum Gasteiger partial charge on any atom is 0.119 e. The monoisotopic (exact) mass is 376 g/mol. The van der Waals surface area contributed by atoms with Gasteiger partial charge in [0.1, 0.15) is 5.75 Å². The number of hydrogen-bond donors (Lipinski definition) is 1. The quantitative estimate of drug-likeness (QED) is 0.656. The molecule has 154 valence electrons. The van der Waals surface area contributed by atoms with E-state index in [1.807, 2.05) is 0 Å². The summed E-state index contributed by atoms with van der Waals surface area (Å²) in [7, 11) is 0. The molecule has 0 radical (unpaired) electrons. The molecule has 0 atom stereocenters. The largest absolute Gasteiger partial charge is 0.494 e. The van der Waals surface area contributed by atoms with Crippen molar-refractivity contribution in [2.45, 2.75) is 58.9 Å². The van der Waals surface area contributed by atoms with Crippen LogP contribution in [0.3, 0.4) is 0 Å². The zero-order chi connectivity index (χ0) is 18.0. The van der Waals surface area contributed by atoms with Crippen LogP contribution in [-0.4, -0.2) is 60.8 Å². The second-order valence-electron chi connectivity index (χ2n) is 7.98. The maximum absolute atomic E-state index is 9.06. The Balaban J connectivity index is 0.00000261. The summed E-state index contributed by atoms with van der Waals surface area (Å²) < 4.78 is 5.92. The molecule has 1 N–H and O–H groups in total. The second kappa shape index (κ2) is 12.4. The fraction of sp³-hybridized carbons (Fsp3) is 0.739. The molecule has 27 heavy (non-hydrogen) atoms. The minimum Gasteiger partial charge on any atom is -0.494 e. The lowest BCUT2D eigenvalue weighted by molar-refractivity contribution is 0.153. The highest BCUT2D eigenvalue weighted by Gasteiger charge is 2.18. The summed E-state index contributed by atoms with van der Waals surface area (Å²) in [6.07, 6.45) is 8.66. The Morgan fingerprint density at radius 1 is 0.926 bits per heavy atom. The van der Waals surface area contributed by atoms with Gasteiger partial charge in [-0.25, -0.2) is 0 Å². The molecule has 2 aliphatic heterocycles. The number of likely N-dealkylation sites (tertiary alicyclic amines) is 2. The van der Waals surface area contributed by atoms with Gasteiger partial charge in [-0.15, -0.1) is 0 Å². The zero-order valence-corrected chi connectivity index (χ0v) is 16.2. The maximum atomic E-state index is 9.06. The fourth-order valence-electron chi connectivity index (χ4n) is 4.23. The average molecular weight is 377 g/mol. The molecular weight excluding hydrogens is 336 g/mol. The van der Waals surface area contributed by atoms with Gasteiger partial charge in [-0.2, -0.15) is 0 Å². The first-order valence-electron chi connectivity index (χ1n) is 10.6. The smallest absolute Gasteiger partial charge is 0.119 e. The van der Waals surface area contributed by atoms with Crippen molar-refractivity contribution in [2.75, 3.05) is 45.9 Å². The first kappa shape index (κ1) is 22.2. The number of hydrogen-bond acceptors (Lipinski definition) is 4. The number of aliphatic hydroxyl groups excluding tert-OH is 1. The summed E-state index contributed by atoms with van der Waals surface area (Å²) >= 11 is 0. The highest BCUT2D eigenvalue weighted by atomic mass is 16.5. The van der Waals surface area contributed by atoms with Crippen LogP contribution in [0, 0.1) is 5.92 Å². The van der Waals surface area contributed by atoms with Crippen molar-refractivity contribution >= 4 is 0 Å². The van der Waals surface area contributed by atoms with Crippen LogP contribution in [-0.2, 0) is 6.54 Å². The lowest BCUT2D eigenvalue weighted by atomic mass is 9.94. The van der Waals surface area contributed by atoms with E-state index >= 15 is 0 Å². The molecule has 2 fully saturated rings. The molecule has 0 aliphatic carbocycles.